The second-order valence-corrected chi connectivity index (χ2v) is 5.05. The van der Waals surface area contributed by atoms with Crippen molar-refractivity contribution in [1.82, 2.24) is 9.55 Å². The lowest BCUT2D eigenvalue weighted by molar-refractivity contribution is -0.0152. The van der Waals surface area contributed by atoms with Crippen LogP contribution >= 0.6 is 24.8 Å². The van der Waals surface area contributed by atoms with Gasteiger partial charge in [-0.2, -0.15) is 12.6 Å². The first kappa shape index (κ1) is 13.8. The molecule has 0 saturated carbocycles. The summed E-state index contributed by atoms with van der Waals surface area (Å²) in [4.78, 5) is 14.1. The number of hydrogen-bond acceptors (Lipinski definition) is 5. The third kappa shape index (κ3) is 2.54. The maximum absolute atomic E-state index is 11.4. The van der Waals surface area contributed by atoms with Gasteiger partial charge in [0.1, 0.15) is 6.23 Å². The molecular weight excluding hydrogens is 272 g/mol. The summed E-state index contributed by atoms with van der Waals surface area (Å²) in [5.41, 5.74) is 0.443. The Hall–Kier alpha value is -0.630. The molecule has 7 heteroatoms. The standard InChI is InChI=1S/C11H16N2O3S2/c1-6-4-13(11(18)12-10(6)14)9-3-7(15-2)8(5-17)16-9/h4,7-9,17H,3,5H2,1-2H3,(H,12,14,18)/t7-,8?,9?/m1/s1. The van der Waals surface area contributed by atoms with Crippen LogP contribution in [0.3, 0.4) is 0 Å². The van der Waals surface area contributed by atoms with Gasteiger partial charge in [0.25, 0.3) is 5.56 Å². The molecule has 2 unspecified atom stereocenters. The molecule has 1 aromatic rings. The van der Waals surface area contributed by atoms with Crippen LogP contribution in [0.5, 0.6) is 0 Å². The first-order valence-electron chi connectivity index (χ1n) is 5.68. The molecule has 1 saturated heterocycles. The van der Waals surface area contributed by atoms with Crippen LogP contribution < -0.4 is 5.56 Å². The first-order valence-corrected chi connectivity index (χ1v) is 6.72. The molecule has 0 spiro atoms. The summed E-state index contributed by atoms with van der Waals surface area (Å²) in [5.74, 6) is 0.588. The van der Waals surface area contributed by atoms with Crippen LogP contribution in [0, 0.1) is 11.7 Å². The van der Waals surface area contributed by atoms with E-state index in [-0.39, 0.29) is 24.0 Å². The molecule has 1 aliphatic heterocycles. The monoisotopic (exact) mass is 288 g/mol. The van der Waals surface area contributed by atoms with Crippen molar-refractivity contribution in [1.29, 1.82) is 0 Å². The zero-order valence-corrected chi connectivity index (χ0v) is 12.0. The quantitative estimate of drug-likeness (QED) is 0.653. The topological polar surface area (TPSA) is 56.2 Å². The van der Waals surface area contributed by atoms with Crippen molar-refractivity contribution in [3.8, 4) is 0 Å². The fourth-order valence-electron chi connectivity index (χ4n) is 2.08. The number of thiol groups is 1. The van der Waals surface area contributed by atoms with Crippen LogP contribution in [0.4, 0.5) is 0 Å². The smallest absolute Gasteiger partial charge is 0.254 e. The Kier molecular flexibility index (Phi) is 4.26. The van der Waals surface area contributed by atoms with Crippen molar-refractivity contribution in [2.45, 2.75) is 31.8 Å². The van der Waals surface area contributed by atoms with E-state index in [1.54, 1.807) is 24.8 Å². The Bertz CT molecular complexity index is 528. The molecule has 0 amide bonds. The third-order valence-electron chi connectivity index (χ3n) is 3.12. The van der Waals surface area contributed by atoms with Crippen LogP contribution in [-0.4, -0.2) is 34.6 Å². The largest absolute Gasteiger partial charge is 0.379 e. The van der Waals surface area contributed by atoms with E-state index in [2.05, 4.69) is 17.6 Å². The molecule has 0 radical (unpaired) electrons. The summed E-state index contributed by atoms with van der Waals surface area (Å²) in [7, 11) is 1.66. The Labute approximate surface area is 116 Å². The number of methoxy groups -OCH3 is 1. The van der Waals surface area contributed by atoms with Gasteiger partial charge in [-0.1, -0.05) is 0 Å². The highest BCUT2D eigenvalue weighted by Crippen LogP contribution is 2.30. The molecule has 0 aromatic carbocycles. The Balaban J connectivity index is 2.31. The van der Waals surface area contributed by atoms with Gasteiger partial charge in [0.2, 0.25) is 0 Å². The minimum Gasteiger partial charge on any atom is -0.379 e. The molecule has 5 nitrogen and oxygen atoms in total. The van der Waals surface area contributed by atoms with Gasteiger partial charge in [-0.15, -0.1) is 0 Å². The van der Waals surface area contributed by atoms with E-state index in [1.165, 1.54) is 0 Å². The molecule has 1 fully saturated rings. The average molecular weight is 288 g/mol. The third-order valence-corrected chi connectivity index (χ3v) is 3.79. The molecule has 1 aromatic heterocycles. The molecule has 2 rings (SSSR count). The van der Waals surface area contributed by atoms with Gasteiger partial charge in [-0.3, -0.25) is 14.3 Å². The fraction of sp³-hybridized carbons (Fsp3) is 0.636. The van der Waals surface area contributed by atoms with Crippen LogP contribution in [0.1, 0.15) is 18.2 Å². The second-order valence-electron chi connectivity index (χ2n) is 4.30. The van der Waals surface area contributed by atoms with E-state index in [9.17, 15) is 4.79 Å². The predicted molar refractivity (Wildman–Crippen MR) is 73.8 cm³/mol. The van der Waals surface area contributed by atoms with E-state index in [1.807, 2.05) is 0 Å². The highest BCUT2D eigenvalue weighted by molar-refractivity contribution is 7.80. The van der Waals surface area contributed by atoms with E-state index >= 15 is 0 Å². The zero-order valence-electron chi connectivity index (χ0n) is 10.3. The van der Waals surface area contributed by atoms with E-state index in [0.717, 1.165) is 0 Å². The number of aromatic amines is 1. The van der Waals surface area contributed by atoms with Gasteiger partial charge in [0, 0.05) is 31.0 Å². The Morgan fingerprint density at radius 1 is 1.72 bits per heavy atom. The van der Waals surface area contributed by atoms with E-state index < -0.39 is 0 Å². The van der Waals surface area contributed by atoms with Gasteiger partial charge >= 0.3 is 0 Å². The number of ether oxygens (including phenoxy) is 2. The van der Waals surface area contributed by atoms with E-state index in [4.69, 9.17) is 21.7 Å². The number of rotatable bonds is 3. The van der Waals surface area contributed by atoms with Crippen molar-refractivity contribution in [2.24, 2.45) is 0 Å². The number of nitrogens with one attached hydrogen (secondary N) is 1. The van der Waals surface area contributed by atoms with Crippen LogP contribution in [0.2, 0.25) is 0 Å². The maximum Gasteiger partial charge on any atom is 0.254 e. The zero-order chi connectivity index (χ0) is 13.3. The number of aromatic nitrogens is 2. The highest BCUT2D eigenvalue weighted by atomic mass is 32.1. The molecule has 1 N–H and O–H groups in total. The Morgan fingerprint density at radius 2 is 2.44 bits per heavy atom. The predicted octanol–water partition coefficient (Wildman–Crippen LogP) is 1.45. The molecule has 3 atom stereocenters. The normalized spacial score (nSPS) is 27.6. The molecule has 2 heterocycles. The van der Waals surface area contributed by atoms with Crippen molar-refractivity contribution in [2.75, 3.05) is 12.9 Å². The number of H-pyrrole nitrogens is 1. The highest BCUT2D eigenvalue weighted by Gasteiger charge is 2.35. The minimum absolute atomic E-state index is 0.00151. The lowest BCUT2D eigenvalue weighted by Crippen LogP contribution is -2.24. The summed E-state index contributed by atoms with van der Waals surface area (Å²) >= 11 is 9.40. The van der Waals surface area contributed by atoms with Crippen LogP contribution in [-0.2, 0) is 9.47 Å². The molecule has 1 aliphatic rings. The number of nitrogens with zero attached hydrogens (tertiary/aromatic N) is 1. The molecule has 18 heavy (non-hydrogen) atoms. The lowest BCUT2D eigenvalue weighted by Gasteiger charge is -2.16. The number of hydrogen-bond donors (Lipinski definition) is 2. The fourth-order valence-corrected chi connectivity index (χ4v) is 2.67. The van der Waals surface area contributed by atoms with Gasteiger partial charge in [0.05, 0.1) is 12.2 Å². The molecule has 0 bridgehead atoms. The Morgan fingerprint density at radius 3 is 3.00 bits per heavy atom. The lowest BCUT2D eigenvalue weighted by atomic mass is 10.2. The average Bonchev–Trinajstić information content (AvgIpc) is 2.76. The van der Waals surface area contributed by atoms with E-state index in [0.29, 0.717) is 22.5 Å². The van der Waals surface area contributed by atoms with Crippen molar-refractivity contribution >= 4 is 24.8 Å². The van der Waals surface area contributed by atoms with Crippen LogP contribution in [0.15, 0.2) is 11.0 Å². The summed E-state index contributed by atoms with van der Waals surface area (Å²) < 4.78 is 13.3. The molecular formula is C11H16N2O3S2. The maximum atomic E-state index is 11.4. The van der Waals surface area contributed by atoms with Crippen molar-refractivity contribution < 1.29 is 9.47 Å². The van der Waals surface area contributed by atoms with Gasteiger partial charge in [0.15, 0.2) is 4.77 Å². The summed E-state index contributed by atoms with van der Waals surface area (Å²) in [5, 5.41) is 0. The molecule has 100 valence electrons. The SMILES string of the molecule is CO[C@@H]1CC(n2cc(C)c(=O)[nH]c2=S)OC1CS. The summed E-state index contributed by atoms with van der Waals surface area (Å²) in [6.45, 7) is 1.74. The minimum atomic E-state index is -0.213. The van der Waals surface area contributed by atoms with Crippen LogP contribution in [0.25, 0.3) is 0 Å². The molecule has 0 aliphatic carbocycles. The first-order chi connectivity index (χ1) is 8.56. The second kappa shape index (κ2) is 5.56. The van der Waals surface area contributed by atoms with Gasteiger partial charge < -0.3 is 9.47 Å². The van der Waals surface area contributed by atoms with Crippen molar-refractivity contribution in [3.63, 3.8) is 0 Å². The van der Waals surface area contributed by atoms with Gasteiger partial charge in [-0.05, 0) is 19.1 Å². The van der Waals surface area contributed by atoms with Crippen molar-refractivity contribution in [3.05, 3.63) is 26.9 Å². The summed E-state index contributed by atoms with van der Waals surface area (Å²) in [6.07, 6.45) is 2.15. The van der Waals surface area contributed by atoms with Gasteiger partial charge in [-0.25, -0.2) is 0 Å². The summed E-state index contributed by atoms with van der Waals surface area (Å²) in [6, 6.07) is 0. The number of aryl methyl sites for hydroxylation is 1.